The van der Waals surface area contributed by atoms with Crippen LogP contribution in [0.5, 0.6) is 0 Å². The third kappa shape index (κ3) is 3.99. The predicted octanol–water partition coefficient (Wildman–Crippen LogP) is 0.0562. The second kappa shape index (κ2) is 6.44. The Morgan fingerprint density at radius 2 is 2.44 bits per heavy atom. The van der Waals surface area contributed by atoms with Gasteiger partial charge in [-0.3, -0.25) is 9.89 Å². The molecular weight excluding hydrogens is 210 g/mol. The van der Waals surface area contributed by atoms with Gasteiger partial charge in [-0.2, -0.15) is 5.10 Å². The average molecular weight is 225 g/mol. The summed E-state index contributed by atoms with van der Waals surface area (Å²) in [4.78, 5) is 11.4. The molecule has 0 atom stereocenters. The Hall–Kier alpha value is -2.05. The summed E-state index contributed by atoms with van der Waals surface area (Å²) < 4.78 is 0. The van der Waals surface area contributed by atoms with Gasteiger partial charge in [0.05, 0.1) is 0 Å². The Morgan fingerprint density at radius 1 is 1.62 bits per heavy atom. The third-order valence-electron chi connectivity index (χ3n) is 2.02. The van der Waals surface area contributed by atoms with Crippen molar-refractivity contribution in [3.05, 3.63) is 18.0 Å². The maximum atomic E-state index is 11.4. The van der Waals surface area contributed by atoms with E-state index in [2.05, 4.69) is 20.7 Å². The minimum Gasteiger partial charge on any atom is -0.409 e. The Labute approximate surface area is 92.7 Å². The van der Waals surface area contributed by atoms with Crippen molar-refractivity contribution in [2.24, 2.45) is 10.9 Å². The lowest BCUT2D eigenvalue weighted by molar-refractivity contribution is 0.0948. The minimum atomic E-state index is -0.179. The number of aromatic amines is 1. The molecule has 16 heavy (non-hydrogen) atoms. The van der Waals surface area contributed by atoms with E-state index in [0.29, 0.717) is 18.7 Å². The van der Waals surface area contributed by atoms with E-state index in [1.54, 1.807) is 6.07 Å². The van der Waals surface area contributed by atoms with Gasteiger partial charge in [0.15, 0.2) is 0 Å². The number of unbranched alkanes of at least 4 members (excludes halogenated alkanes) is 1. The van der Waals surface area contributed by atoms with Crippen molar-refractivity contribution < 1.29 is 10.0 Å². The van der Waals surface area contributed by atoms with E-state index in [0.717, 1.165) is 12.8 Å². The highest BCUT2D eigenvalue weighted by Crippen LogP contribution is 1.95. The van der Waals surface area contributed by atoms with Gasteiger partial charge in [-0.15, -0.1) is 0 Å². The minimum absolute atomic E-state index is 0.179. The van der Waals surface area contributed by atoms with Gasteiger partial charge >= 0.3 is 0 Å². The number of oxime groups is 1. The van der Waals surface area contributed by atoms with Gasteiger partial charge in [0, 0.05) is 19.2 Å². The molecule has 0 aliphatic carbocycles. The Balaban J connectivity index is 2.10. The van der Waals surface area contributed by atoms with Crippen molar-refractivity contribution in [1.82, 2.24) is 15.5 Å². The molecule has 7 heteroatoms. The van der Waals surface area contributed by atoms with Gasteiger partial charge in [0.2, 0.25) is 0 Å². The lowest BCUT2D eigenvalue weighted by Crippen LogP contribution is -2.25. The number of nitrogens with two attached hydrogens (primary N) is 1. The summed E-state index contributed by atoms with van der Waals surface area (Å²) in [6.45, 7) is 0.552. The topological polar surface area (TPSA) is 116 Å². The molecule has 1 aromatic heterocycles. The van der Waals surface area contributed by atoms with Crippen LogP contribution in [0.3, 0.4) is 0 Å². The monoisotopic (exact) mass is 225 g/mol. The fourth-order valence-electron chi connectivity index (χ4n) is 1.16. The van der Waals surface area contributed by atoms with Crippen LogP contribution in [0.25, 0.3) is 0 Å². The van der Waals surface area contributed by atoms with E-state index < -0.39 is 0 Å². The standard InChI is InChI=1S/C9H15N5O2/c10-8(14-16)3-1-2-5-11-9(15)7-4-6-12-13-7/h4,6,16H,1-3,5H2,(H2,10,14)(H,11,15)(H,12,13). The third-order valence-corrected chi connectivity index (χ3v) is 2.02. The van der Waals surface area contributed by atoms with Crippen LogP contribution in [0, 0.1) is 0 Å². The van der Waals surface area contributed by atoms with Crippen LogP contribution in [-0.4, -0.2) is 33.7 Å². The molecule has 0 fully saturated rings. The summed E-state index contributed by atoms with van der Waals surface area (Å²) in [6, 6.07) is 1.60. The highest BCUT2D eigenvalue weighted by Gasteiger charge is 2.04. The number of carbonyl (C=O) groups excluding carboxylic acids is 1. The largest absolute Gasteiger partial charge is 0.409 e. The van der Waals surface area contributed by atoms with Crippen molar-refractivity contribution in [3.63, 3.8) is 0 Å². The van der Waals surface area contributed by atoms with Gasteiger partial charge in [0.25, 0.3) is 5.91 Å². The van der Waals surface area contributed by atoms with Crippen molar-refractivity contribution in [1.29, 1.82) is 0 Å². The van der Waals surface area contributed by atoms with Crippen molar-refractivity contribution in [2.75, 3.05) is 6.54 Å². The number of amidine groups is 1. The summed E-state index contributed by atoms with van der Waals surface area (Å²) in [5, 5.41) is 20.1. The summed E-state index contributed by atoms with van der Waals surface area (Å²) >= 11 is 0. The van der Waals surface area contributed by atoms with Crippen LogP contribution in [0.2, 0.25) is 0 Å². The zero-order valence-corrected chi connectivity index (χ0v) is 8.81. The van der Waals surface area contributed by atoms with E-state index in [4.69, 9.17) is 10.9 Å². The first-order valence-corrected chi connectivity index (χ1v) is 4.98. The van der Waals surface area contributed by atoms with Crippen LogP contribution in [0.4, 0.5) is 0 Å². The highest BCUT2D eigenvalue weighted by molar-refractivity contribution is 5.92. The first kappa shape index (κ1) is 12.0. The molecule has 0 aliphatic heterocycles. The lowest BCUT2D eigenvalue weighted by atomic mass is 10.2. The fourth-order valence-corrected chi connectivity index (χ4v) is 1.16. The molecule has 0 aromatic carbocycles. The summed E-state index contributed by atoms with van der Waals surface area (Å²) in [5.41, 5.74) is 5.73. The van der Waals surface area contributed by atoms with E-state index in [9.17, 15) is 4.79 Å². The second-order valence-corrected chi connectivity index (χ2v) is 3.27. The number of carbonyl (C=O) groups is 1. The number of rotatable bonds is 6. The van der Waals surface area contributed by atoms with Crippen LogP contribution in [0.1, 0.15) is 29.8 Å². The number of hydrogen-bond acceptors (Lipinski definition) is 4. The molecule has 1 amide bonds. The van der Waals surface area contributed by atoms with Crippen LogP contribution >= 0.6 is 0 Å². The summed E-state index contributed by atoms with van der Waals surface area (Å²) in [6.07, 6.45) is 3.58. The Bertz CT molecular complexity index is 347. The van der Waals surface area contributed by atoms with Crippen molar-refractivity contribution in [3.8, 4) is 0 Å². The number of hydrogen-bond donors (Lipinski definition) is 4. The molecule has 0 saturated carbocycles. The molecule has 1 heterocycles. The zero-order valence-electron chi connectivity index (χ0n) is 8.81. The Morgan fingerprint density at radius 3 is 3.06 bits per heavy atom. The normalized spacial score (nSPS) is 11.4. The summed E-state index contributed by atoms with van der Waals surface area (Å²) in [5.74, 6) is 0.0289. The molecule has 0 aliphatic rings. The quantitative estimate of drug-likeness (QED) is 0.180. The second-order valence-electron chi connectivity index (χ2n) is 3.27. The number of aromatic nitrogens is 2. The average Bonchev–Trinajstić information content (AvgIpc) is 2.81. The predicted molar refractivity (Wildman–Crippen MR) is 58.2 cm³/mol. The number of amides is 1. The lowest BCUT2D eigenvalue weighted by Gasteiger charge is -2.02. The molecule has 0 spiro atoms. The zero-order chi connectivity index (χ0) is 11.8. The number of nitrogens with one attached hydrogen (secondary N) is 2. The van der Waals surface area contributed by atoms with Crippen LogP contribution < -0.4 is 11.1 Å². The van der Waals surface area contributed by atoms with E-state index in [1.807, 2.05) is 0 Å². The molecule has 0 radical (unpaired) electrons. The molecule has 1 rings (SSSR count). The molecule has 0 saturated heterocycles. The van der Waals surface area contributed by atoms with E-state index in [1.165, 1.54) is 6.20 Å². The van der Waals surface area contributed by atoms with Gasteiger partial charge in [0.1, 0.15) is 11.5 Å². The van der Waals surface area contributed by atoms with E-state index >= 15 is 0 Å². The molecule has 88 valence electrons. The van der Waals surface area contributed by atoms with Gasteiger partial charge < -0.3 is 16.3 Å². The van der Waals surface area contributed by atoms with Gasteiger partial charge in [-0.25, -0.2) is 0 Å². The van der Waals surface area contributed by atoms with Gasteiger partial charge in [-0.05, 0) is 18.9 Å². The van der Waals surface area contributed by atoms with Crippen LogP contribution in [-0.2, 0) is 0 Å². The van der Waals surface area contributed by atoms with Crippen molar-refractivity contribution >= 4 is 11.7 Å². The highest BCUT2D eigenvalue weighted by atomic mass is 16.4. The maximum Gasteiger partial charge on any atom is 0.269 e. The molecule has 0 unspecified atom stereocenters. The SMILES string of the molecule is NC(CCCCNC(=O)c1ccn[nH]1)=NO. The molecule has 7 nitrogen and oxygen atoms in total. The van der Waals surface area contributed by atoms with Crippen molar-refractivity contribution in [2.45, 2.75) is 19.3 Å². The smallest absolute Gasteiger partial charge is 0.269 e. The Kier molecular flexibility index (Phi) is 4.84. The number of H-pyrrole nitrogens is 1. The molecule has 0 bridgehead atoms. The molecule has 1 aromatic rings. The fraction of sp³-hybridized carbons (Fsp3) is 0.444. The maximum absolute atomic E-state index is 11.4. The first-order chi connectivity index (χ1) is 7.74. The van der Waals surface area contributed by atoms with Crippen LogP contribution in [0.15, 0.2) is 17.4 Å². The molecule has 5 N–H and O–H groups in total. The molecular formula is C9H15N5O2. The van der Waals surface area contributed by atoms with Gasteiger partial charge in [-0.1, -0.05) is 5.16 Å². The summed E-state index contributed by atoms with van der Waals surface area (Å²) in [7, 11) is 0. The van der Waals surface area contributed by atoms with E-state index in [-0.39, 0.29) is 11.7 Å². The first-order valence-electron chi connectivity index (χ1n) is 4.98. The number of nitrogens with zero attached hydrogens (tertiary/aromatic N) is 2.